The third-order valence-electron chi connectivity index (χ3n) is 8.25. The van der Waals surface area contributed by atoms with Gasteiger partial charge >= 0.3 is 5.97 Å². The van der Waals surface area contributed by atoms with Crippen LogP contribution in [0.25, 0.3) is 0 Å². The Labute approximate surface area is 137 Å². The Bertz CT molecular complexity index is 653. The van der Waals surface area contributed by atoms with E-state index < -0.39 is 0 Å². The predicted molar refractivity (Wildman–Crippen MR) is 86.6 cm³/mol. The lowest BCUT2D eigenvalue weighted by atomic mass is 9.66. The fourth-order valence-corrected chi connectivity index (χ4v) is 7.80. The molecule has 1 aromatic rings. The van der Waals surface area contributed by atoms with Crippen LogP contribution < -0.4 is 0 Å². The molecule has 2 heteroatoms. The molecule has 9 atom stereocenters. The predicted octanol–water partition coefficient (Wildman–Crippen LogP) is 4.01. The van der Waals surface area contributed by atoms with Crippen LogP contribution in [0.1, 0.15) is 43.6 Å². The summed E-state index contributed by atoms with van der Waals surface area (Å²) >= 11 is 0. The van der Waals surface area contributed by atoms with Crippen LogP contribution in [0.4, 0.5) is 0 Å². The summed E-state index contributed by atoms with van der Waals surface area (Å²) in [5.41, 5.74) is 1.55. The lowest BCUT2D eigenvalue weighted by Gasteiger charge is -2.38. The van der Waals surface area contributed by atoms with E-state index >= 15 is 0 Å². The second-order valence-corrected chi connectivity index (χ2v) is 8.79. The maximum Gasteiger partial charge on any atom is 0.306 e. The number of fused-ring (bicyclic) bond motifs is 3. The van der Waals surface area contributed by atoms with Gasteiger partial charge in [-0.3, -0.25) is 4.79 Å². The Balaban J connectivity index is 1.38. The first kappa shape index (κ1) is 13.0. The van der Waals surface area contributed by atoms with E-state index in [9.17, 15) is 4.79 Å². The number of ether oxygens (including phenoxy) is 1. The lowest BCUT2D eigenvalue weighted by molar-refractivity contribution is -0.143. The molecule has 0 aromatic heterocycles. The first-order chi connectivity index (χ1) is 11.3. The molecule has 1 aliphatic heterocycles. The van der Waals surface area contributed by atoms with Crippen LogP contribution in [-0.4, -0.2) is 12.1 Å². The normalized spacial score (nSPS) is 52.3. The largest absolute Gasteiger partial charge is 0.462 e. The van der Waals surface area contributed by atoms with Crippen LogP contribution in [-0.2, 0) is 9.53 Å². The highest BCUT2D eigenvalue weighted by molar-refractivity contribution is 5.72. The SMILES string of the molecule is O=C1CC2C3CC4CCC(c5ccccc5)C5CC(C2O1)C3C45. The molecule has 0 bridgehead atoms. The molecule has 4 aliphatic carbocycles. The number of carbonyl (C=O) groups excluding carboxylic acids is 1. The quantitative estimate of drug-likeness (QED) is 0.733. The van der Waals surface area contributed by atoms with E-state index in [-0.39, 0.29) is 12.1 Å². The number of benzene rings is 1. The van der Waals surface area contributed by atoms with E-state index in [2.05, 4.69) is 30.3 Å². The molecule has 1 aromatic carbocycles. The van der Waals surface area contributed by atoms with Crippen molar-refractivity contribution in [2.45, 2.75) is 44.1 Å². The Morgan fingerprint density at radius 2 is 1.74 bits per heavy atom. The second kappa shape index (κ2) is 4.40. The number of hydrogen-bond donors (Lipinski definition) is 0. The van der Waals surface area contributed by atoms with Gasteiger partial charge in [0.25, 0.3) is 0 Å². The monoisotopic (exact) mass is 308 g/mol. The van der Waals surface area contributed by atoms with Gasteiger partial charge in [0.15, 0.2) is 0 Å². The summed E-state index contributed by atoms with van der Waals surface area (Å²) in [5.74, 6) is 6.46. The Hall–Kier alpha value is -1.31. The molecule has 2 nitrogen and oxygen atoms in total. The molecule has 0 amide bonds. The molecule has 0 radical (unpaired) electrons. The first-order valence-electron chi connectivity index (χ1n) is 9.55. The van der Waals surface area contributed by atoms with Crippen LogP contribution in [0.2, 0.25) is 0 Å². The first-order valence-corrected chi connectivity index (χ1v) is 9.55. The molecule has 6 rings (SSSR count). The van der Waals surface area contributed by atoms with Crippen molar-refractivity contribution in [3.8, 4) is 0 Å². The summed E-state index contributed by atoms with van der Waals surface area (Å²) in [6.07, 6.45) is 6.48. The number of carbonyl (C=O) groups is 1. The Morgan fingerprint density at radius 3 is 2.61 bits per heavy atom. The maximum atomic E-state index is 11.8. The average Bonchev–Trinajstić information content (AvgIpc) is 3.28. The third-order valence-corrected chi connectivity index (χ3v) is 8.25. The van der Waals surface area contributed by atoms with Gasteiger partial charge in [-0.2, -0.15) is 0 Å². The number of rotatable bonds is 1. The molecule has 5 aliphatic rings. The van der Waals surface area contributed by atoms with Gasteiger partial charge in [0.2, 0.25) is 0 Å². The topological polar surface area (TPSA) is 26.3 Å². The summed E-state index contributed by atoms with van der Waals surface area (Å²) in [6, 6.07) is 11.2. The minimum absolute atomic E-state index is 0.0820. The van der Waals surface area contributed by atoms with Crippen molar-refractivity contribution in [1.82, 2.24) is 0 Å². The molecule has 120 valence electrons. The van der Waals surface area contributed by atoms with Gasteiger partial charge < -0.3 is 4.74 Å². The van der Waals surface area contributed by atoms with Gasteiger partial charge in [0.1, 0.15) is 6.10 Å². The van der Waals surface area contributed by atoms with Crippen LogP contribution in [0.3, 0.4) is 0 Å². The highest BCUT2D eigenvalue weighted by Gasteiger charge is 2.68. The summed E-state index contributed by atoms with van der Waals surface area (Å²) in [7, 11) is 0. The zero-order chi connectivity index (χ0) is 15.1. The second-order valence-electron chi connectivity index (χ2n) is 8.79. The summed E-state index contributed by atoms with van der Waals surface area (Å²) in [6.45, 7) is 0. The Morgan fingerprint density at radius 1 is 0.870 bits per heavy atom. The zero-order valence-electron chi connectivity index (χ0n) is 13.4. The number of esters is 1. The lowest BCUT2D eigenvalue weighted by Crippen LogP contribution is -2.29. The molecule has 9 unspecified atom stereocenters. The summed E-state index contributed by atoms with van der Waals surface area (Å²) in [4.78, 5) is 11.8. The van der Waals surface area contributed by atoms with Gasteiger partial charge in [-0.05, 0) is 72.7 Å². The van der Waals surface area contributed by atoms with Crippen molar-refractivity contribution < 1.29 is 9.53 Å². The molecule has 5 fully saturated rings. The smallest absolute Gasteiger partial charge is 0.306 e. The molecular formula is C21H24O2. The molecule has 23 heavy (non-hydrogen) atoms. The van der Waals surface area contributed by atoms with Crippen molar-refractivity contribution >= 4 is 5.97 Å². The van der Waals surface area contributed by atoms with E-state index in [1.807, 2.05) is 0 Å². The van der Waals surface area contributed by atoms with Crippen molar-refractivity contribution in [3.05, 3.63) is 35.9 Å². The van der Waals surface area contributed by atoms with Crippen molar-refractivity contribution in [2.24, 2.45) is 41.4 Å². The minimum atomic E-state index is 0.0820. The van der Waals surface area contributed by atoms with Crippen molar-refractivity contribution in [3.63, 3.8) is 0 Å². The molecule has 1 heterocycles. The van der Waals surface area contributed by atoms with E-state index in [0.29, 0.717) is 18.3 Å². The minimum Gasteiger partial charge on any atom is -0.462 e. The summed E-state index contributed by atoms with van der Waals surface area (Å²) in [5, 5.41) is 0. The fourth-order valence-electron chi connectivity index (χ4n) is 7.80. The maximum absolute atomic E-state index is 11.8. The van der Waals surface area contributed by atoms with Gasteiger partial charge in [0, 0.05) is 5.92 Å². The average molecular weight is 308 g/mol. The summed E-state index contributed by atoms with van der Waals surface area (Å²) < 4.78 is 5.80. The van der Waals surface area contributed by atoms with Crippen LogP contribution in [0.5, 0.6) is 0 Å². The molecule has 4 saturated carbocycles. The molecule has 0 N–H and O–H groups in total. The van der Waals surface area contributed by atoms with E-state index in [4.69, 9.17) is 4.74 Å². The standard InChI is InChI=1S/C21H24O2/c22-18-10-16-14-8-12-6-7-13(11-4-2-1-3-5-11)15-9-17(21(16)23-18)20(14)19(12)15/h1-5,12-17,19-21H,6-10H2. The van der Waals surface area contributed by atoms with E-state index in [0.717, 1.165) is 35.5 Å². The van der Waals surface area contributed by atoms with E-state index in [1.54, 1.807) is 5.56 Å². The number of hydrogen-bond acceptors (Lipinski definition) is 2. The van der Waals surface area contributed by atoms with Gasteiger partial charge in [-0.15, -0.1) is 0 Å². The zero-order valence-corrected chi connectivity index (χ0v) is 13.4. The van der Waals surface area contributed by atoms with Crippen molar-refractivity contribution in [2.75, 3.05) is 0 Å². The van der Waals surface area contributed by atoms with Gasteiger partial charge in [0.05, 0.1) is 6.42 Å². The molecule has 0 spiro atoms. The highest BCUT2D eigenvalue weighted by atomic mass is 16.6. The van der Waals surface area contributed by atoms with Crippen LogP contribution >= 0.6 is 0 Å². The van der Waals surface area contributed by atoms with Gasteiger partial charge in [-0.25, -0.2) is 0 Å². The van der Waals surface area contributed by atoms with Crippen LogP contribution in [0, 0.1) is 41.4 Å². The third kappa shape index (κ3) is 1.58. The van der Waals surface area contributed by atoms with E-state index in [1.165, 1.54) is 25.7 Å². The molecule has 1 saturated heterocycles. The molecular weight excluding hydrogens is 284 g/mol. The van der Waals surface area contributed by atoms with Crippen molar-refractivity contribution in [1.29, 1.82) is 0 Å². The highest BCUT2D eigenvalue weighted by Crippen LogP contribution is 2.71. The van der Waals surface area contributed by atoms with Crippen LogP contribution in [0.15, 0.2) is 30.3 Å². The Kier molecular flexibility index (Phi) is 2.49. The van der Waals surface area contributed by atoms with Gasteiger partial charge in [-0.1, -0.05) is 30.3 Å². The fraction of sp³-hybridized carbons (Fsp3) is 0.667.